The molecule has 0 unspecified atom stereocenters. The van der Waals surface area contributed by atoms with Gasteiger partial charge in [-0.3, -0.25) is 9.80 Å². The lowest BCUT2D eigenvalue weighted by molar-refractivity contribution is 0.0937. The molecule has 116 valence electrons. The highest BCUT2D eigenvalue weighted by Crippen LogP contribution is 2.24. The number of nitrogens with two attached hydrogens (primary N) is 1. The average molecular weight is 287 g/mol. The van der Waals surface area contributed by atoms with E-state index in [-0.39, 0.29) is 0 Å². The number of hydrogen-bond donors (Lipinski definition) is 1. The zero-order valence-corrected chi connectivity index (χ0v) is 13.1. The fourth-order valence-electron chi connectivity index (χ4n) is 3.79. The van der Waals surface area contributed by atoms with Crippen LogP contribution >= 0.6 is 0 Å². The zero-order valence-electron chi connectivity index (χ0n) is 13.1. The van der Waals surface area contributed by atoms with Crippen molar-refractivity contribution in [1.29, 1.82) is 0 Å². The lowest BCUT2D eigenvalue weighted by Crippen LogP contribution is -2.49. The van der Waals surface area contributed by atoms with Gasteiger partial charge in [-0.1, -0.05) is 37.1 Å². The lowest BCUT2D eigenvalue weighted by Gasteiger charge is -2.38. The third-order valence-corrected chi connectivity index (χ3v) is 5.11. The summed E-state index contributed by atoms with van der Waals surface area (Å²) in [7, 11) is 0. The van der Waals surface area contributed by atoms with E-state index < -0.39 is 0 Å². The second-order valence-electron chi connectivity index (χ2n) is 6.61. The van der Waals surface area contributed by atoms with E-state index in [0.717, 1.165) is 25.6 Å². The molecule has 0 atom stereocenters. The van der Waals surface area contributed by atoms with Crippen LogP contribution < -0.4 is 5.73 Å². The maximum Gasteiger partial charge on any atom is 0.0234 e. The summed E-state index contributed by atoms with van der Waals surface area (Å²) < 4.78 is 0. The molecular weight excluding hydrogens is 258 g/mol. The average Bonchev–Trinajstić information content (AvgIpc) is 3.05. The normalized spacial score (nSPS) is 22.0. The molecule has 1 heterocycles. The summed E-state index contributed by atoms with van der Waals surface area (Å²) in [4.78, 5) is 5.33. The van der Waals surface area contributed by atoms with Crippen molar-refractivity contribution in [2.45, 2.75) is 44.7 Å². The first-order chi connectivity index (χ1) is 10.3. The molecule has 2 N–H and O–H groups in total. The van der Waals surface area contributed by atoms with Crippen LogP contribution in [0.2, 0.25) is 0 Å². The second-order valence-corrected chi connectivity index (χ2v) is 6.61. The summed E-state index contributed by atoms with van der Waals surface area (Å²) in [5.74, 6) is 0. The molecule has 2 aliphatic rings. The van der Waals surface area contributed by atoms with Gasteiger partial charge in [0.2, 0.25) is 0 Å². The van der Waals surface area contributed by atoms with Crippen molar-refractivity contribution in [3.63, 3.8) is 0 Å². The van der Waals surface area contributed by atoms with Crippen LogP contribution in [0.1, 0.15) is 36.8 Å². The molecule has 1 saturated heterocycles. The highest BCUT2D eigenvalue weighted by Gasteiger charge is 2.25. The molecule has 1 saturated carbocycles. The van der Waals surface area contributed by atoms with E-state index in [2.05, 4.69) is 34.1 Å². The largest absolute Gasteiger partial charge is 0.330 e. The van der Waals surface area contributed by atoms with Gasteiger partial charge in [0, 0.05) is 38.8 Å². The van der Waals surface area contributed by atoms with Crippen molar-refractivity contribution >= 4 is 0 Å². The Bertz CT molecular complexity index is 415. The highest BCUT2D eigenvalue weighted by atomic mass is 15.3. The van der Waals surface area contributed by atoms with Crippen molar-refractivity contribution in [1.82, 2.24) is 9.80 Å². The van der Waals surface area contributed by atoms with E-state index in [4.69, 9.17) is 5.73 Å². The Balaban J connectivity index is 1.46. The summed E-state index contributed by atoms with van der Waals surface area (Å²) >= 11 is 0. The summed E-state index contributed by atoms with van der Waals surface area (Å²) in [6, 6.07) is 9.90. The molecule has 3 rings (SSSR count). The van der Waals surface area contributed by atoms with Crippen molar-refractivity contribution in [3.05, 3.63) is 35.4 Å². The molecule has 0 radical (unpaired) electrons. The Kier molecular flexibility index (Phi) is 5.28. The summed E-state index contributed by atoms with van der Waals surface area (Å²) in [6.45, 7) is 6.80. The van der Waals surface area contributed by atoms with Crippen molar-refractivity contribution in [2.75, 3.05) is 32.7 Å². The van der Waals surface area contributed by atoms with Gasteiger partial charge in [-0.25, -0.2) is 0 Å². The van der Waals surface area contributed by atoms with Gasteiger partial charge in [-0.15, -0.1) is 0 Å². The smallest absolute Gasteiger partial charge is 0.0234 e. The van der Waals surface area contributed by atoms with Gasteiger partial charge in [0.1, 0.15) is 0 Å². The van der Waals surface area contributed by atoms with E-state index in [0.29, 0.717) is 0 Å². The van der Waals surface area contributed by atoms with Gasteiger partial charge in [0.15, 0.2) is 0 Å². The topological polar surface area (TPSA) is 32.5 Å². The molecule has 1 aliphatic heterocycles. The Morgan fingerprint density at radius 3 is 2.14 bits per heavy atom. The minimum absolute atomic E-state index is 0.739. The molecule has 0 bridgehead atoms. The van der Waals surface area contributed by atoms with Crippen LogP contribution in [0.5, 0.6) is 0 Å². The van der Waals surface area contributed by atoms with E-state index in [9.17, 15) is 0 Å². The van der Waals surface area contributed by atoms with Crippen molar-refractivity contribution < 1.29 is 0 Å². The summed E-state index contributed by atoms with van der Waals surface area (Å²) in [5, 5.41) is 0. The van der Waals surface area contributed by atoms with Crippen molar-refractivity contribution in [3.8, 4) is 0 Å². The van der Waals surface area contributed by atoms with Crippen LogP contribution in [0.3, 0.4) is 0 Å². The minimum Gasteiger partial charge on any atom is -0.330 e. The van der Waals surface area contributed by atoms with Crippen LogP contribution in [0.4, 0.5) is 0 Å². The summed E-state index contributed by atoms with van der Waals surface area (Å²) in [6.07, 6.45) is 6.74. The molecule has 2 fully saturated rings. The molecule has 0 amide bonds. The van der Waals surface area contributed by atoms with Gasteiger partial charge in [-0.2, -0.15) is 0 Å². The highest BCUT2D eigenvalue weighted by molar-refractivity contribution is 5.22. The van der Waals surface area contributed by atoms with Crippen LogP contribution in [0.25, 0.3) is 0 Å². The number of nitrogens with zero attached hydrogens (tertiary/aromatic N) is 2. The van der Waals surface area contributed by atoms with Crippen LogP contribution in [-0.2, 0) is 13.0 Å². The molecule has 3 nitrogen and oxygen atoms in total. The molecule has 3 heteroatoms. The standard InChI is InChI=1S/C18H29N3/c19-10-9-16-5-7-17(8-6-16)15-20-11-13-21(14-12-20)18-3-1-2-4-18/h5-8,18H,1-4,9-15,19H2. The van der Waals surface area contributed by atoms with E-state index in [1.807, 2.05) is 0 Å². The van der Waals surface area contributed by atoms with Crippen molar-refractivity contribution in [2.24, 2.45) is 5.73 Å². The Morgan fingerprint density at radius 1 is 0.905 bits per heavy atom. The predicted molar refractivity (Wildman–Crippen MR) is 88.3 cm³/mol. The third-order valence-electron chi connectivity index (χ3n) is 5.11. The Hall–Kier alpha value is -0.900. The van der Waals surface area contributed by atoms with Gasteiger partial charge < -0.3 is 5.73 Å². The fourth-order valence-corrected chi connectivity index (χ4v) is 3.79. The maximum absolute atomic E-state index is 5.60. The molecule has 0 aromatic heterocycles. The van der Waals surface area contributed by atoms with Gasteiger partial charge >= 0.3 is 0 Å². The second kappa shape index (κ2) is 7.39. The van der Waals surface area contributed by atoms with Gasteiger partial charge in [0.25, 0.3) is 0 Å². The number of rotatable bonds is 5. The third kappa shape index (κ3) is 4.06. The molecule has 0 spiro atoms. The molecule has 1 aliphatic carbocycles. The zero-order chi connectivity index (χ0) is 14.5. The first-order valence-corrected chi connectivity index (χ1v) is 8.59. The van der Waals surface area contributed by atoms with Gasteiger partial charge in [-0.05, 0) is 36.9 Å². The Morgan fingerprint density at radius 2 is 1.52 bits per heavy atom. The first-order valence-electron chi connectivity index (χ1n) is 8.59. The number of benzene rings is 1. The summed E-state index contributed by atoms with van der Waals surface area (Å²) in [5.41, 5.74) is 8.39. The van der Waals surface area contributed by atoms with Crippen LogP contribution in [0.15, 0.2) is 24.3 Å². The maximum atomic E-state index is 5.60. The quantitative estimate of drug-likeness (QED) is 0.901. The monoisotopic (exact) mass is 287 g/mol. The van der Waals surface area contributed by atoms with E-state index in [1.165, 1.54) is 63.0 Å². The lowest BCUT2D eigenvalue weighted by atomic mass is 10.1. The van der Waals surface area contributed by atoms with Crippen LogP contribution in [0, 0.1) is 0 Å². The predicted octanol–water partition coefficient (Wildman–Crippen LogP) is 2.25. The molecular formula is C18H29N3. The molecule has 1 aromatic rings. The number of hydrogen-bond acceptors (Lipinski definition) is 3. The minimum atomic E-state index is 0.739. The number of piperazine rings is 1. The van der Waals surface area contributed by atoms with E-state index >= 15 is 0 Å². The Labute approximate surface area is 129 Å². The van der Waals surface area contributed by atoms with Crippen LogP contribution in [-0.4, -0.2) is 48.6 Å². The first kappa shape index (κ1) is 15.0. The molecule has 1 aromatic carbocycles. The van der Waals surface area contributed by atoms with E-state index in [1.54, 1.807) is 0 Å². The SMILES string of the molecule is NCCc1ccc(CN2CCN(C3CCCC3)CC2)cc1. The van der Waals surface area contributed by atoms with Gasteiger partial charge in [0.05, 0.1) is 0 Å². The fraction of sp³-hybridized carbons (Fsp3) is 0.667. The molecule has 21 heavy (non-hydrogen) atoms.